The summed E-state index contributed by atoms with van der Waals surface area (Å²) in [7, 11) is 0. The van der Waals surface area contributed by atoms with Gasteiger partial charge in [0, 0.05) is 11.1 Å². The van der Waals surface area contributed by atoms with Crippen molar-refractivity contribution in [3.63, 3.8) is 0 Å². The fourth-order valence-electron chi connectivity index (χ4n) is 2.24. The molecule has 3 aromatic rings. The largest absolute Gasteiger partial charge is 0.457 e. The first kappa shape index (κ1) is 13.1. The van der Waals surface area contributed by atoms with Gasteiger partial charge in [0.2, 0.25) is 0 Å². The normalized spacial score (nSPS) is 10.1. The molecule has 0 bridgehead atoms. The summed E-state index contributed by atoms with van der Waals surface area (Å²) in [6, 6.07) is 24.8. The van der Waals surface area contributed by atoms with Crippen LogP contribution in [0.4, 0.5) is 0 Å². The highest BCUT2D eigenvalue weighted by Gasteiger charge is 2.10. The maximum atomic E-state index is 11.2. The van der Waals surface area contributed by atoms with Crippen molar-refractivity contribution < 1.29 is 9.53 Å². The average Bonchev–Trinajstić information content (AvgIpc) is 2.56. The first-order valence-corrected chi connectivity index (χ1v) is 6.75. The van der Waals surface area contributed by atoms with Gasteiger partial charge in [-0.15, -0.1) is 0 Å². The van der Waals surface area contributed by atoms with Gasteiger partial charge in [-0.1, -0.05) is 60.7 Å². The van der Waals surface area contributed by atoms with Gasteiger partial charge in [-0.05, 0) is 23.8 Å². The predicted octanol–water partition coefficient (Wildman–Crippen LogP) is 4.96. The number of benzene rings is 3. The van der Waals surface area contributed by atoms with Crippen molar-refractivity contribution in [2.24, 2.45) is 0 Å². The zero-order chi connectivity index (χ0) is 14.5. The minimum atomic E-state index is 0.654. The molecule has 0 unspecified atom stereocenters. The molecule has 0 fully saturated rings. The van der Waals surface area contributed by atoms with Crippen LogP contribution < -0.4 is 4.74 Å². The minimum absolute atomic E-state index is 0.654. The molecule has 0 amide bonds. The van der Waals surface area contributed by atoms with Crippen LogP contribution in [0.1, 0.15) is 10.4 Å². The van der Waals surface area contributed by atoms with Gasteiger partial charge in [-0.3, -0.25) is 4.79 Å². The van der Waals surface area contributed by atoms with Gasteiger partial charge in [0.15, 0.2) is 6.29 Å². The van der Waals surface area contributed by atoms with E-state index in [0.717, 1.165) is 28.9 Å². The number of carbonyl (C=O) groups excluding carboxylic acids is 1. The number of ether oxygens (including phenoxy) is 1. The Morgan fingerprint density at radius 1 is 0.667 bits per heavy atom. The van der Waals surface area contributed by atoms with Gasteiger partial charge >= 0.3 is 0 Å². The van der Waals surface area contributed by atoms with Crippen molar-refractivity contribution >= 4 is 6.29 Å². The molecule has 0 N–H and O–H groups in total. The number of rotatable bonds is 4. The molecule has 0 radical (unpaired) electrons. The monoisotopic (exact) mass is 274 g/mol. The third kappa shape index (κ3) is 2.84. The lowest BCUT2D eigenvalue weighted by atomic mass is 9.99. The van der Waals surface area contributed by atoms with Gasteiger partial charge in [-0.25, -0.2) is 0 Å². The van der Waals surface area contributed by atoms with Crippen LogP contribution >= 0.6 is 0 Å². The Morgan fingerprint density at radius 2 is 1.29 bits per heavy atom. The van der Waals surface area contributed by atoms with Crippen molar-refractivity contribution in [2.75, 3.05) is 0 Å². The highest BCUT2D eigenvalue weighted by molar-refractivity contribution is 5.89. The molecule has 0 atom stereocenters. The average molecular weight is 274 g/mol. The Hall–Kier alpha value is -2.87. The summed E-state index contributed by atoms with van der Waals surface area (Å²) in [5.74, 6) is 1.51. The van der Waals surface area contributed by atoms with Crippen molar-refractivity contribution in [3.8, 4) is 22.6 Å². The highest BCUT2D eigenvalue weighted by Crippen LogP contribution is 2.34. The number of hydrogen-bond donors (Lipinski definition) is 0. The van der Waals surface area contributed by atoms with Gasteiger partial charge < -0.3 is 4.74 Å². The maximum absolute atomic E-state index is 11.2. The lowest BCUT2D eigenvalue weighted by Gasteiger charge is -2.12. The van der Waals surface area contributed by atoms with Crippen molar-refractivity contribution in [3.05, 3.63) is 84.4 Å². The Kier molecular flexibility index (Phi) is 3.79. The molecule has 0 heterocycles. The number of carbonyl (C=O) groups is 1. The molecule has 2 heteroatoms. The Morgan fingerprint density at radius 3 is 2.05 bits per heavy atom. The van der Waals surface area contributed by atoms with Crippen LogP contribution in [-0.2, 0) is 0 Å². The lowest BCUT2D eigenvalue weighted by Crippen LogP contribution is -1.91. The quantitative estimate of drug-likeness (QED) is 0.629. The van der Waals surface area contributed by atoms with Crippen LogP contribution in [0.5, 0.6) is 11.5 Å². The summed E-state index contributed by atoms with van der Waals surface area (Å²) >= 11 is 0. The third-order valence-corrected chi connectivity index (χ3v) is 3.24. The summed E-state index contributed by atoms with van der Waals surface area (Å²) in [6.45, 7) is 0. The van der Waals surface area contributed by atoms with E-state index in [-0.39, 0.29) is 0 Å². The standard InChI is InChI=1S/C19H14O2/c20-14-15-8-4-5-11-17(15)18-12-6-7-13-19(18)21-16-9-2-1-3-10-16/h1-14H. The summed E-state index contributed by atoms with van der Waals surface area (Å²) in [6.07, 6.45) is 0.870. The zero-order valence-electron chi connectivity index (χ0n) is 11.4. The molecule has 0 aliphatic rings. The molecule has 3 rings (SSSR count). The van der Waals surface area contributed by atoms with Crippen molar-refractivity contribution in [1.29, 1.82) is 0 Å². The fraction of sp³-hybridized carbons (Fsp3) is 0. The van der Waals surface area contributed by atoms with E-state index in [1.807, 2.05) is 78.9 Å². The second-order valence-corrected chi connectivity index (χ2v) is 4.62. The number of hydrogen-bond acceptors (Lipinski definition) is 2. The topological polar surface area (TPSA) is 26.3 Å². The summed E-state index contributed by atoms with van der Waals surface area (Å²) < 4.78 is 5.95. The van der Waals surface area contributed by atoms with E-state index in [2.05, 4.69) is 0 Å². The zero-order valence-corrected chi connectivity index (χ0v) is 11.4. The molecule has 0 aromatic heterocycles. The molecule has 3 aromatic carbocycles. The molecular formula is C19H14O2. The number of para-hydroxylation sites is 2. The molecule has 102 valence electrons. The van der Waals surface area contributed by atoms with E-state index in [0.29, 0.717) is 5.56 Å². The van der Waals surface area contributed by atoms with E-state index < -0.39 is 0 Å². The third-order valence-electron chi connectivity index (χ3n) is 3.24. The maximum Gasteiger partial charge on any atom is 0.150 e. The van der Waals surface area contributed by atoms with Crippen LogP contribution in [-0.4, -0.2) is 6.29 Å². The Bertz CT molecular complexity index is 748. The molecule has 2 nitrogen and oxygen atoms in total. The Balaban J connectivity index is 2.06. The molecule has 0 saturated heterocycles. The van der Waals surface area contributed by atoms with Crippen molar-refractivity contribution in [2.45, 2.75) is 0 Å². The minimum Gasteiger partial charge on any atom is -0.457 e. The van der Waals surface area contributed by atoms with E-state index >= 15 is 0 Å². The molecule has 21 heavy (non-hydrogen) atoms. The molecule has 0 aliphatic carbocycles. The van der Waals surface area contributed by atoms with Gasteiger partial charge in [0.1, 0.15) is 11.5 Å². The fourth-order valence-corrected chi connectivity index (χ4v) is 2.24. The van der Waals surface area contributed by atoms with E-state index in [9.17, 15) is 4.79 Å². The van der Waals surface area contributed by atoms with E-state index in [1.165, 1.54) is 0 Å². The van der Waals surface area contributed by atoms with Gasteiger partial charge in [0.25, 0.3) is 0 Å². The lowest BCUT2D eigenvalue weighted by molar-refractivity contribution is 0.112. The first-order valence-electron chi connectivity index (χ1n) is 6.75. The van der Waals surface area contributed by atoms with Gasteiger partial charge in [0.05, 0.1) is 0 Å². The van der Waals surface area contributed by atoms with Crippen LogP contribution in [0, 0.1) is 0 Å². The van der Waals surface area contributed by atoms with E-state index in [4.69, 9.17) is 4.74 Å². The smallest absolute Gasteiger partial charge is 0.150 e. The van der Waals surface area contributed by atoms with Crippen LogP contribution in [0.3, 0.4) is 0 Å². The highest BCUT2D eigenvalue weighted by atomic mass is 16.5. The molecular weight excluding hydrogens is 260 g/mol. The van der Waals surface area contributed by atoms with Gasteiger partial charge in [-0.2, -0.15) is 0 Å². The molecule has 0 spiro atoms. The summed E-state index contributed by atoms with van der Waals surface area (Å²) in [5, 5.41) is 0. The SMILES string of the molecule is O=Cc1ccccc1-c1ccccc1Oc1ccccc1. The van der Waals surface area contributed by atoms with Crippen molar-refractivity contribution in [1.82, 2.24) is 0 Å². The summed E-state index contributed by atoms with van der Waals surface area (Å²) in [5.41, 5.74) is 2.43. The molecule has 0 saturated carbocycles. The van der Waals surface area contributed by atoms with E-state index in [1.54, 1.807) is 0 Å². The predicted molar refractivity (Wildman–Crippen MR) is 83.8 cm³/mol. The number of aldehydes is 1. The van der Waals surface area contributed by atoms with Crippen LogP contribution in [0.2, 0.25) is 0 Å². The Labute approximate surface area is 123 Å². The van der Waals surface area contributed by atoms with Crippen LogP contribution in [0.15, 0.2) is 78.9 Å². The summed E-state index contributed by atoms with van der Waals surface area (Å²) in [4.78, 5) is 11.2. The second kappa shape index (κ2) is 6.06. The molecule has 0 aliphatic heterocycles. The second-order valence-electron chi connectivity index (χ2n) is 4.62. The van der Waals surface area contributed by atoms with Crippen LogP contribution in [0.25, 0.3) is 11.1 Å². The first-order chi connectivity index (χ1) is 10.4.